The summed E-state index contributed by atoms with van der Waals surface area (Å²) in [6.07, 6.45) is 1.22. The molecule has 0 aliphatic carbocycles. The van der Waals surface area contributed by atoms with Gasteiger partial charge in [0.15, 0.2) is 0 Å². The van der Waals surface area contributed by atoms with Crippen LogP contribution in [0.5, 0.6) is 5.75 Å². The van der Waals surface area contributed by atoms with Gasteiger partial charge in [0.25, 0.3) is 0 Å². The molecule has 1 N–H and O–H groups in total. The minimum atomic E-state index is -3.58. The van der Waals surface area contributed by atoms with Crippen molar-refractivity contribution in [2.24, 2.45) is 0 Å². The van der Waals surface area contributed by atoms with E-state index in [9.17, 15) is 8.42 Å². The molecule has 26 heavy (non-hydrogen) atoms. The van der Waals surface area contributed by atoms with Crippen LogP contribution in [0.25, 0.3) is 0 Å². The molecule has 3 rings (SSSR count). The van der Waals surface area contributed by atoms with Gasteiger partial charge < -0.3 is 9.47 Å². The van der Waals surface area contributed by atoms with Crippen molar-refractivity contribution in [2.75, 3.05) is 13.7 Å². The molecule has 0 amide bonds. The molecule has 140 valence electrons. The lowest BCUT2D eigenvalue weighted by Gasteiger charge is -2.21. The highest BCUT2D eigenvalue weighted by molar-refractivity contribution is 7.89. The van der Waals surface area contributed by atoms with Gasteiger partial charge in [-0.1, -0.05) is 29.8 Å². The monoisotopic (exact) mass is 375 g/mol. The summed E-state index contributed by atoms with van der Waals surface area (Å²) < 4.78 is 39.1. The fraction of sp³-hybridized carbons (Fsp3) is 0.400. The number of nitrogens with one attached hydrogen (secondary N) is 1. The average Bonchev–Trinajstić information content (AvgIpc) is 3.32. The second kappa shape index (κ2) is 7.39. The molecule has 0 spiro atoms. The molecular formula is C20H25NO4S. The van der Waals surface area contributed by atoms with E-state index in [1.807, 2.05) is 38.1 Å². The van der Waals surface area contributed by atoms with Crippen molar-refractivity contribution in [1.29, 1.82) is 0 Å². The summed E-state index contributed by atoms with van der Waals surface area (Å²) in [5.41, 5.74) is 1.83. The van der Waals surface area contributed by atoms with E-state index < -0.39 is 10.0 Å². The standard InChI is InChI=1S/C20H25NO4S/c1-15-4-10-19(11-5-15)26(22,23)21-17(13-20(2)14-25-20)12-16-6-8-18(24-3)9-7-16/h4-11,17,21H,12-14H2,1-3H3/t17-,20+/m1/s1. The maximum absolute atomic E-state index is 12.8. The third kappa shape index (κ3) is 4.84. The minimum Gasteiger partial charge on any atom is -0.497 e. The molecule has 0 radical (unpaired) electrons. The molecule has 2 aromatic carbocycles. The largest absolute Gasteiger partial charge is 0.497 e. The molecule has 2 aromatic rings. The Morgan fingerprint density at radius 1 is 1.15 bits per heavy atom. The molecule has 1 aliphatic rings. The maximum Gasteiger partial charge on any atom is 0.240 e. The number of hydrogen-bond acceptors (Lipinski definition) is 4. The molecule has 0 saturated carbocycles. The Morgan fingerprint density at radius 2 is 1.77 bits per heavy atom. The highest BCUT2D eigenvalue weighted by Crippen LogP contribution is 2.32. The van der Waals surface area contributed by atoms with E-state index in [2.05, 4.69) is 4.72 Å². The fourth-order valence-corrected chi connectivity index (χ4v) is 4.20. The lowest BCUT2D eigenvalue weighted by molar-refractivity contribution is 0.287. The van der Waals surface area contributed by atoms with Crippen molar-refractivity contribution < 1.29 is 17.9 Å². The Kier molecular flexibility index (Phi) is 5.37. The first-order chi connectivity index (χ1) is 12.3. The van der Waals surface area contributed by atoms with Crippen molar-refractivity contribution >= 4 is 10.0 Å². The molecule has 1 saturated heterocycles. The van der Waals surface area contributed by atoms with Gasteiger partial charge in [0.2, 0.25) is 10.0 Å². The normalized spacial score (nSPS) is 20.6. The van der Waals surface area contributed by atoms with Crippen LogP contribution in [0.1, 0.15) is 24.5 Å². The van der Waals surface area contributed by atoms with Gasteiger partial charge >= 0.3 is 0 Å². The average molecular weight is 375 g/mol. The summed E-state index contributed by atoms with van der Waals surface area (Å²) in [6.45, 7) is 4.61. The van der Waals surface area contributed by atoms with Crippen LogP contribution in [0, 0.1) is 6.92 Å². The fourth-order valence-electron chi connectivity index (χ4n) is 2.97. The van der Waals surface area contributed by atoms with Crippen LogP contribution in [0.2, 0.25) is 0 Å². The van der Waals surface area contributed by atoms with Crippen LogP contribution < -0.4 is 9.46 Å². The molecule has 0 unspecified atom stereocenters. The van der Waals surface area contributed by atoms with Crippen LogP contribution in [0.4, 0.5) is 0 Å². The van der Waals surface area contributed by atoms with E-state index in [0.29, 0.717) is 19.4 Å². The summed E-state index contributed by atoms with van der Waals surface area (Å²) in [5, 5.41) is 0. The van der Waals surface area contributed by atoms with Gasteiger partial charge in [0.1, 0.15) is 5.75 Å². The zero-order valence-electron chi connectivity index (χ0n) is 15.4. The Hall–Kier alpha value is -1.89. The first-order valence-corrected chi connectivity index (χ1v) is 10.1. The summed E-state index contributed by atoms with van der Waals surface area (Å²) >= 11 is 0. The van der Waals surface area contributed by atoms with Crippen molar-refractivity contribution in [2.45, 2.75) is 43.2 Å². The van der Waals surface area contributed by atoms with Crippen LogP contribution in [0.15, 0.2) is 53.4 Å². The summed E-state index contributed by atoms with van der Waals surface area (Å²) in [5.74, 6) is 0.781. The van der Waals surface area contributed by atoms with Gasteiger partial charge in [-0.15, -0.1) is 0 Å². The van der Waals surface area contributed by atoms with Crippen LogP contribution in [-0.4, -0.2) is 33.8 Å². The van der Waals surface area contributed by atoms with E-state index in [1.54, 1.807) is 31.4 Å². The lowest BCUT2D eigenvalue weighted by atomic mass is 9.97. The number of epoxide rings is 1. The van der Waals surface area contributed by atoms with E-state index in [-0.39, 0.29) is 16.5 Å². The van der Waals surface area contributed by atoms with E-state index >= 15 is 0 Å². The quantitative estimate of drug-likeness (QED) is 0.720. The smallest absolute Gasteiger partial charge is 0.240 e. The highest BCUT2D eigenvalue weighted by atomic mass is 32.2. The van der Waals surface area contributed by atoms with Gasteiger partial charge in [0, 0.05) is 6.04 Å². The van der Waals surface area contributed by atoms with E-state index in [4.69, 9.17) is 9.47 Å². The van der Waals surface area contributed by atoms with Crippen LogP contribution in [-0.2, 0) is 21.2 Å². The zero-order chi connectivity index (χ0) is 18.8. The third-order valence-electron chi connectivity index (χ3n) is 4.61. The molecule has 6 heteroatoms. The van der Waals surface area contributed by atoms with Crippen molar-refractivity contribution in [1.82, 2.24) is 4.72 Å². The van der Waals surface area contributed by atoms with Crippen LogP contribution in [0.3, 0.4) is 0 Å². The predicted octanol–water partition coefficient (Wildman–Crippen LogP) is 3.07. The number of rotatable bonds is 8. The summed E-state index contributed by atoms with van der Waals surface area (Å²) in [4.78, 5) is 0.282. The molecule has 0 aromatic heterocycles. The molecule has 5 nitrogen and oxygen atoms in total. The lowest BCUT2D eigenvalue weighted by Crippen LogP contribution is -2.39. The van der Waals surface area contributed by atoms with Crippen LogP contribution >= 0.6 is 0 Å². The minimum absolute atomic E-state index is 0.243. The van der Waals surface area contributed by atoms with Gasteiger partial charge in [-0.05, 0) is 56.5 Å². The summed E-state index contributed by atoms with van der Waals surface area (Å²) in [7, 11) is -1.96. The van der Waals surface area contributed by atoms with Crippen molar-refractivity contribution in [3.05, 3.63) is 59.7 Å². The third-order valence-corrected chi connectivity index (χ3v) is 6.15. The number of hydrogen-bond donors (Lipinski definition) is 1. The molecule has 1 fully saturated rings. The number of ether oxygens (including phenoxy) is 2. The first-order valence-electron chi connectivity index (χ1n) is 8.66. The Labute approximate surface area is 155 Å². The van der Waals surface area contributed by atoms with Gasteiger partial charge in [0.05, 0.1) is 24.2 Å². The van der Waals surface area contributed by atoms with Gasteiger partial charge in [-0.3, -0.25) is 0 Å². The molecule has 0 bridgehead atoms. The first kappa shape index (κ1) is 18.9. The molecule has 2 atom stereocenters. The Bertz CT molecular complexity index is 840. The van der Waals surface area contributed by atoms with Gasteiger partial charge in [-0.2, -0.15) is 0 Å². The Balaban J connectivity index is 1.77. The second-order valence-electron chi connectivity index (χ2n) is 7.13. The number of sulfonamides is 1. The summed E-state index contributed by atoms with van der Waals surface area (Å²) in [6, 6.07) is 14.3. The molecule has 1 aliphatic heterocycles. The molecular weight excluding hydrogens is 350 g/mol. The zero-order valence-corrected chi connectivity index (χ0v) is 16.2. The molecule has 1 heterocycles. The van der Waals surface area contributed by atoms with Crippen molar-refractivity contribution in [3.8, 4) is 5.75 Å². The number of methoxy groups -OCH3 is 1. The van der Waals surface area contributed by atoms with E-state index in [1.165, 1.54) is 0 Å². The SMILES string of the molecule is COc1ccc(C[C@H](C[C@@]2(C)CO2)NS(=O)(=O)c2ccc(C)cc2)cc1. The number of benzene rings is 2. The van der Waals surface area contributed by atoms with Crippen molar-refractivity contribution in [3.63, 3.8) is 0 Å². The van der Waals surface area contributed by atoms with Gasteiger partial charge in [-0.25, -0.2) is 13.1 Å². The predicted molar refractivity (Wildman–Crippen MR) is 101 cm³/mol. The maximum atomic E-state index is 12.8. The Morgan fingerprint density at radius 3 is 2.31 bits per heavy atom. The van der Waals surface area contributed by atoms with E-state index in [0.717, 1.165) is 16.9 Å². The number of aryl methyl sites for hydroxylation is 1. The topological polar surface area (TPSA) is 67.9 Å². The second-order valence-corrected chi connectivity index (χ2v) is 8.84. The highest BCUT2D eigenvalue weighted by Gasteiger charge is 2.42.